The quantitative estimate of drug-likeness (QED) is 0.761. The van der Waals surface area contributed by atoms with Crippen LogP contribution in [0.2, 0.25) is 0 Å². The summed E-state index contributed by atoms with van der Waals surface area (Å²) < 4.78 is 14.9. The molecular weight excluding hydrogens is 307 g/mol. The summed E-state index contributed by atoms with van der Waals surface area (Å²) >= 11 is 0. The summed E-state index contributed by atoms with van der Waals surface area (Å²) in [5.74, 6) is 0.169. The number of urea groups is 1. The maximum Gasteiger partial charge on any atom is 0.324 e. The van der Waals surface area contributed by atoms with Crippen LogP contribution in [0.3, 0.4) is 0 Å². The maximum atomic E-state index is 13.2. The van der Waals surface area contributed by atoms with E-state index < -0.39 is 11.8 Å². The lowest BCUT2D eigenvalue weighted by Gasteiger charge is -2.10. The Morgan fingerprint density at radius 2 is 1.88 bits per heavy atom. The van der Waals surface area contributed by atoms with Gasteiger partial charge in [-0.25, -0.2) is 13.9 Å². The number of benzene rings is 2. The Bertz CT molecular complexity index is 845. The number of aromatic nitrogens is 2. The van der Waals surface area contributed by atoms with Gasteiger partial charge in [0.2, 0.25) is 0 Å². The highest BCUT2D eigenvalue weighted by atomic mass is 19.1. The van der Waals surface area contributed by atoms with Gasteiger partial charge in [0.05, 0.1) is 12.2 Å². The smallest absolute Gasteiger partial charge is 0.308 e. The Kier molecular flexibility index (Phi) is 4.56. The molecule has 5 nitrogen and oxygen atoms in total. The Morgan fingerprint density at radius 1 is 1.08 bits per heavy atom. The second kappa shape index (κ2) is 6.95. The van der Waals surface area contributed by atoms with Gasteiger partial charge in [0.25, 0.3) is 0 Å². The predicted octanol–water partition coefficient (Wildman–Crippen LogP) is 4.02. The summed E-state index contributed by atoms with van der Waals surface area (Å²) in [5.41, 5.74) is 2.26. The average molecular weight is 324 g/mol. The van der Waals surface area contributed by atoms with Crippen molar-refractivity contribution < 1.29 is 9.18 Å². The summed E-state index contributed by atoms with van der Waals surface area (Å²) in [4.78, 5) is 12.1. The number of hydrogen-bond acceptors (Lipinski definition) is 2. The van der Waals surface area contributed by atoms with E-state index in [1.54, 1.807) is 16.8 Å². The van der Waals surface area contributed by atoms with Gasteiger partial charge in [-0.2, -0.15) is 5.10 Å². The fraction of sp³-hybridized carbons (Fsp3) is 0.111. The molecule has 0 aliphatic rings. The SMILES string of the molecule is Cc1cc(NC(=O)Nc2cccc(F)c2)n(Cc2ccccc2)n1. The summed E-state index contributed by atoms with van der Waals surface area (Å²) in [6.07, 6.45) is 0. The molecule has 0 radical (unpaired) electrons. The van der Waals surface area contributed by atoms with Crippen LogP contribution in [0.15, 0.2) is 60.7 Å². The molecule has 2 aromatic carbocycles. The third-order valence-electron chi connectivity index (χ3n) is 3.40. The topological polar surface area (TPSA) is 59.0 Å². The van der Waals surface area contributed by atoms with Crippen molar-refractivity contribution in [2.75, 3.05) is 10.6 Å². The third kappa shape index (κ3) is 3.98. The zero-order valence-electron chi connectivity index (χ0n) is 13.2. The van der Waals surface area contributed by atoms with Crippen molar-refractivity contribution >= 4 is 17.5 Å². The molecule has 122 valence electrons. The van der Waals surface area contributed by atoms with Crippen LogP contribution in [-0.2, 0) is 6.54 Å². The number of aryl methyl sites for hydroxylation is 1. The Hall–Kier alpha value is -3.15. The molecule has 0 aliphatic carbocycles. The Morgan fingerprint density at radius 3 is 2.62 bits per heavy atom. The zero-order valence-corrected chi connectivity index (χ0v) is 13.2. The van der Waals surface area contributed by atoms with Crippen molar-refractivity contribution in [3.63, 3.8) is 0 Å². The van der Waals surface area contributed by atoms with Crippen LogP contribution in [0.1, 0.15) is 11.3 Å². The number of carbonyl (C=O) groups excluding carboxylic acids is 1. The molecule has 2 N–H and O–H groups in total. The predicted molar refractivity (Wildman–Crippen MR) is 91.5 cm³/mol. The van der Waals surface area contributed by atoms with E-state index in [-0.39, 0.29) is 0 Å². The Balaban J connectivity index is 1.71. The third-order valence-corrected chi connectivity index (χ3v) is 3.40. The lowest BCUT2D eigenvalue weighted by atomic mass is 10.2. The molecule has 0 aliphatic heterocycles. The minimum atomic E-state index is -0.449. The lowest BCUT2D eigenvalue weighted by molar-refractivity contribution is 0.262. The van der Waals surface area contributed by atoms with E-state index in [1.165, 1.54) is 18.2 Å². The largest absolute Gasteiger partial charge is 0.324 e. The summed E-state index contributed by atoms with van der Waals surface area (Å²) in [6, 6.07) is 16.9. The number of amides is 2. The standard InChI is InChI=1S/C18H17FN4O/c1-13-10-17(23(22-13)12-14-6-3-2-4-7-14)21-18(24)20-16-9-5-8-15(19)11-16/h2-11H,12H2,1H3,(H2,20,21,24). The molecule has 0 spiro atoms. The molecule has 0 saturated heterocycles. The van der Waals surface area contributed by atoms with E-state index in [1.807, 2.05) is 37.3 Å². The van der Waals surface area contributed by atoms with Crippen LogP contribution < -0.4 is 10.6 Å². The number of nitrogens with one attached hydrogen (secondary N) is 2. The molecule has 1 aromatic heterocycles. The molecule has 24 heavy (non-hydrogen) atoms. The van der Waals surface area contributed by atoms with Crippen molar-refractivity contribution in [3.8, 4) is 0 Å². The number of anilines is 2. The second-order valence-electron chi connectivity index (χ2n) is 5.40. The van der Waals surface area contributed by atoms with Crippen molar-refractivity contribution in [2.45, 2.75) is 13.5 Å². The molecule has 0 bridgehead atoms. The summed E-state index contributed by atoms with van der Waals surface area (Å²) in [7, 11) is 0. The van der Waals surface area contributed by atoms with Gasteiger partial charge in [-0.3, -0.25) is 5.32 Å². The van der Waals surface area contributed by atoms with Crippen LogP contribution >= 0.6 is 0 Å². The van der Waals surface area contributed by atoms with Crippen molar-refractivity contribution in [1.29, 1.82) is 0 Å². The van der Waals surface area contributed by atoms with Gasteiger partial charge in [0.15, 0.2) is 0 Å². The van der Waals surface area contributed by atoms with Crippen LogP contribution in [0.25, 0.3) is 0 Å². The van der Waals surface area contributed by atoms with Gasteiger partial charge in [-0.1, -0.05) is 36.4 Å². The molecular formula is C18H17FN4O. The fourth-order valence-electron chi connectivity index (χ4n) is 2.37. The summed E-state index contributed by atoms with van der Waals surface area (Å²) in [6.45, 7) is 2.40. The molecule has 0 unspecified atom stereocenters. The number of nitrogens with zero attached hydrogens (tertiary/aromatic N) is 2. The number of hydrogen-bond donors (Lipinski definition) is 2. The van der Waals surface area contributed by atoms with E-state index >= 15 is 0 Å². The van der Waals surface area contributed by atoms with Gasteiger partial charge in [0, 0.05) is 11.8 Å². The van der Waals surface area contributed by atoms with Gasteiger partial charge in [-0.15, -0.1) is 0 Å². The van der Waals surface area contributed by atoms with Gasteiger partial charge < -0.3 is 5.32 Å². The van der Waals surface area contributed by atoms with E-state index in [0.717, 1.165) is 11.3 Å². The highest BCUT2D eigenvalue weighted by molar-refractivity contribution is 5.99. The van der Waals surface area contributed by atoms with E-state index in [4.69, 9.17) is 0 Å². The van der Waals surface area contributed by atoms with E-state index in [2.05, 4.69) is 15.7 Å². The highest BCUT2D eigenvalue weighted by Crippen LogP contribution is 2.14. The van der Waals surface area contributed by atoms with E-state index in [9.17, 15) is 9.18 Å². The molecule has 1 heterocycles. The van der Waals surface area contributed by atoms with Gasteiger partial charge >= 0.3 is 6.03 Å². The van der Waals surface area contributed by atoms with Gasteiger partial charge in [0.1, 0.15) is 11.6 Å². The number of rotatable bonds is 4. The second-order valence-corrected chi connectivity index (χ2v) is 5.40. The van der Waals surface area contributed by atoms with Crippen LogP contribution in [0.5, 0.6) is 0 Å². The maximum absolute atomic E-state index is 13.2. The van der Waals surface area contributed by atoms with Crippen molar-refractivity contribution in [1.82, 2.24) is 9.78 Å². The van der Waals surface area contributed by atoms with Crippen LogP contribution in [0, 0.1) is 12.7 Å². The first-order valence-corrected chi connectivity index (χ1v) is 7.52. The molecule has 6 heteroatoms. The fourth-order valence-corrected chi connectivity index (χ4v) is 2.37. The minimum absolute atomic E-state index is 0.387. The van der Waals surface area contributed by atoms with Crippen LogP contribution in [-0.4, -0.2) is 15.8 Å². The first-order valence-electron chi connectivity index (χ1n) is 7.52. The Labute approximate surface area is 139 Å². The molecule has 3 rings (SSSR count). The lowest BCUT2D eigenvalue weighted by Crippen LogP contribution is -2.21. The molecule has 2 amide bonds. The zero-order chi connectivity index (χ0) is 16.9. The summed E-state index contributed by atoms with van der Waals surface area (Å²) in [5, 5.41) is 9.74. The number of halogens is 1. The normalized spacial score (nSPS) is 10.4. The van der Waals surface area contributed by atoms with Crippen LogP contribution in [0.4, 0.5) is 20.7 Å². The molecule has 0 fully saturated rings. The molecule has 0 atom stereocenters. The monoisotopic (exact) mass is 324 g/mol. The van der Waals surface area contributed by atoms with Crippen molar-refractivity contribution in [3.05, 3.63) is 77.7 Å². The molecule has 3 aromatic rings. The first-order chi connectivity index (χ1) is 11.6. The highest BCUT2D eigenvalue weighted by Gasteiger charge is 2.10. The first kappa shape index (κ1) is 15.7. The van der Waals surface area contributed by atoms with Gasteiger partial charge in [-0.05, 0) is 30.7 Å². The van der Waals surface area contributed by atoms with E-state index in [0.29, 0.717) is 18.1 Å². The molecule has 0 saturated carbocycles. The average Bonchev–Trinajstić information content (AvgIpc) is 2.87. The minimum Gasteiger partial charge on any atom is -0.308 e. The number of carbonyl (C=O) groups is 1. The van der Waals surface area contributed by atoms with Crippen molar-refractivity contribution in [2.24, 2.45) is 0 Å².